The van der Waals surface area contributed by atoms with Crippen molar-refractivity contribution in [2.45, 2.75) is 125 Å². The van der Waals surface area contributed by atoms with Crippen molar-refractivity contribution < 1.29 is 9.90 Å². The summed E-state index contributed by atoms with van der Waals surface area (Å²) in [5.74, 6) is 1.93. The monoisotopic (exact) mass is 578 g/mol. The second kappa shape index (κ2) is 9.08. The number of thiazole rings is 1. The number of nitrogens with zero attached hydrogens (tertiary/aromatic N) is 2. The first-order valence-corrected chi connectivity index (χ1v) is 17.8. The summed E-state index contributed by atoms with van der Waals surface area (Å²) in [5.41, 5.74) is 2.98. The van der Waals surface area contributed by atoms with Gasteiger partial charge in [-0.05, 0) is 116 Å². The average molecular weight is 579 g/mol. The Morgan fingerprint density at radius 1 is 0.976 bits per heavy atom. The largest absolute Gasteiger partial charge is 0.481 e. The fourth-order valence-electron chi connectivity index (χ4n) is 12.4. The van der Waals surface area contributed by atoms with Crippen LogP contribution in [0.2, 0.25) is 0 Å². The number of piperidine rings is 1. The first kappa shape index (κ1) is 28.4. The van der Waals surface area contributed by atoms with Crippen molar-refractivity contribution in [3.8, 4) is 0 Å². The van der Waals surface area contributed by atoms with Gasteiger partial charge in [-0.2, -0.15) is 0 Å². The molecule has 7 rings (SSSR count). The quantitative estimate of drug-likeness (QED) is 0.356. The summed E-state index contributed by atoms with van der Waals surface area (Å²) in [6.07, 6.45) is 15.2. The molecule has 41 heavy (non-hydrogen) atoms. The van der Waals surface area contributed by atoms with E-state index < -0.39 is 11.4 Å². The zero-order chi connectivity index (χ0) is 29.2. The molecule has 5 heteroatoms. The molecule has 0 spiro atoms. The Morgan fingerprint density at radius 2 is 1.71 bits per heavy atom. The van der Waals surface area contributed by atoms with Gasteiger partial charge in [0.1, 0.15) is 0 Å². The first-order valence-electron chi connectivity index (χ1n) is 17.0. The van der Waals surface area contributed by atoms with Crippen LogP contribution in [0.25, 0.3) is 0 Å². The maximum absolute atomic E-state index is 13.0. The molecule has 2 heterocycles. The predicted molar refractivity (Wildman–Crippen MR) is 168 cm³/mol. The van der Waals surface area contributed by atoms with Gasteiger partial charge >= 0.3 is 5.97 Å². The van der Waals surface area contributed by atoms with E-state index in [-0.39, 0.29) is 27.6 Å². The SMILES string of the molecule is C[C@H]1[C@H](C)CC[C@]2(C(=O)O)CC[C@]3(C)C(=CC[C@@H]4[C@@]5(C)Cc6sc(N7CCCCC7)nc6C(C)(C)[C@@H]5CC[C@]43C)[C@H]12. The highest BCUT2D eigenvalue weighted by Crippen LogP contribution is 2.75. The summed E-state index contributed by atoms with van der Waals surface area (Å²) in [6, 6.07) is 0. The summed E-state index contributed by atoms with van der Waals surface area (Å²) in [4.78, 5) is 22.5. The smallest absolute Gasteiger partial charge is 0.310 e. The molecule has 0 radical (unpaired) electrons. The lowest BCUT2D eigenvalue weighted by Gasteiger charge is -2.70. The van der Waals surface area contributed by atoms with Crippen LogP contribution >= 0.6 is 11.3 Å². The van der Waals surface area contributed by atoms with Crippen LogP contribution in [0.5, 0.6) is 0 Å². The van der Waals surface area contributed by atoms with E-state index in [1.807, 2.05) is 11.3 Å². The molecule has 6 aliphatic rings. The number of fused-ring (bicyclic) bond motifs is 8. The lowest BCUT2D eigenvalue weighted by Crippen LogP contribution is -2.65. The summed E-state index contributed by atoms with van der Waals surface area (Å²) in [6.45, 7) is 20.0. The molecule has 0 unspecified atom stereocenters. The highest BCUT2D eigenvalue weighted by atomic mass is 32.1. The lowest BCUT2D eigenvalue weighted by atomic mass is 9.33. The van der Waals surface area contributed by atoms with Crippen LogP contribution in [0.1, 0.15) is 123 Å². The molecule has 4 fully saturated rings. The summed E-state index contributed by atoms with van der Waals surface area (Å²) in [7, 11) is 0. The van der Waals surface area contributed by atoms with Crippen LogP contribution in [0.3, 0.4) is 0 Å². The molecule has 1 aromatic rings. The van der Waals surface area contributed by atoms with E-state index in [0.29, 0.717) is 23.7 Å². The van der Waals surface area contributed by atoms with Crippen molar-refractivity contribution in [1.82, 2.24) is 4.98 Å². The zero-order valence-electron chi connectivity index (χ0n) is 26.8. The molecule has 0 bridgehead atoms. The fourth-order valence-corrected chi connectivity index (χ4v) is 13.8. The Bertz CT molecular complexity index is 1280. The molecule has 1 N–H and O–H groups in total. The predicted octanol–water partition coefficient (Wildman–Crippen LogP) is 8.89. The van der Waals surface area contributed by atoms with Gasteiger partial charge in [-0.3, -0.25) is 4.79 Å². The minimum atomic E-state index is -0.559. The van der Waals surface area contributed by atoms with E-state index in [2.05, 4.69) is 59.4 Å². The van der Waals surface area contributed by atoms with E-state index in [0.717, 1.165) is 51.6 Å². The molecule has 1 aromatic heterocycles. The normalized spacial score (nSPS) is 46.8. The third-order valence-corrected chi connectivity index (χ3v) is 16.1. The van der Waals surface area contributed by atoms with Crippen molar-refractivity contribution >= 4 is 22.4 Å². The summed E-state index contributed by atoms with van der Waals surface area (Å²) < 4.78 is 0. The molecule has 9 atom stereocenters. The van der Waals surface area contributed by atoms with Crippen LogP contribution in [0.15, 0.2) is 11.6 Å². The van der Waals surface area contributed by atoms with Crippen LogP contribution in [-0.4, -0.2) is 29.1 Å². The maximum Gasteiger partial charge on any atom is 0.310 e. The average Bonchev–Trinajstić information content (AvgIpc) is 3.36. The van der Waals surface area contributed by atoms with Crippen LogP contribution in [-0.2, 0) is 16.6 Å². The lowest BCUT2D eigenvalue weighted by molar-refractivity contribution is -0.179. The van der Waals surface area contributed by atoms with Gasteiger partial charge in [-0.25, -0.2) is 4.98 Å². The Balaban J connectivity index is 1.30. The second-order valence-electron chi connectivity index (χ2n) is 16.8. The van der Waals surface area contributed by atoms with Gasteiger partial charge in [-0.1, -0.05) is 60.1 Å². The maximum atomic E-state index is 13.0. The van der Waals surface area contributed by atoms with Gasteiger partial charge in [-0.15, -0.1) is 11.3 Å². The van der Waals surface area contributed by atoms with Crippen molar-refractivity contribution in [2.75, 3.05) is 18.0 Å². The second-order valence-corrected chi connectivity index (χ2v) is 17.9. The van der Waals surface area contributed by atoms with Gasteiger partial charge in [0.2, 0.25) is 0 Å². The number of carboxylic acids is 1. The van der Waals surface area contributed by atoms with Crippen molar-refractivity contribution in [2.24, 2.45) is 51.2 Å². The van der Waals surface area contributed by atoms with Crippen molar-refractivity contribution in [3.05, 3.63) is 22.2 Å². The highest BCUT2D eigenvalue weighted by molar-refractivity contribution is 7.15. The first-order chi connectivity index (χ1) is 19.3. The van der Waals surface area contributed by atoms with Crippen molar-refractivity contribution in [1.29, 1.82) is 0 Å². The number of carboxylic acid groups (broad SMARTS) is 1. The van der Waals surface area contributed by atoms with Gasteiger partial charge in [0.15, 0.2) is 5.13 Å². The summed E-state index contributed by atoms with van der Waals surface area (Å²) >= 11 is 2.01. The van der Waals surface area contributed by atoms with Gasteiger partial charge in [0.25, 0.3) is 0 Å². The number of anilines is 1. The van der Waals surface area contributed by atoms with Crippen LogP contribution in [0.4, 0.5) is 5.13 Å². The van der Waals surface area contributed by atoms with Crippen molar-refractivity contribution in [3.63, 3.8) is 0 Å². The molecule has 4 nitrogen and oxygen atoms in total. The van der Waals surface area contributed by atoms with Crippen LogP contribution < -0.4 is 4.90 Å². The minimum Gasteiger partial charge on any atom is -0.481 e. The van der Waals surface area contributed by atoms with E-state index in [4.69, 9.17) is 4.98 Å². The standard InChI is InChI=1S/C36H54N2O2S/c1-22-13-16-36(30(39)40)18-17-34(6)24(28(36)23(22)2)11-12-27-33(5)21-25-29(32(3,4)26(33)14-15-35(27,34)7)37-31(41-25)38-19-9-8-10-20-38/h11,22-23,26-28H,8-10,12-21H2,1-7H3,(H,39,40)/t22-,23+,26+,27-,28+,33+,34-,35-,36+/m1/s1. The van der Waals surface area contributed by atoms with Gasteiger partial charge in [0, 0.05) is 23.4 Å². The number of hydrogen-bond acceptors (Lipinski definition) is 4. The number of carbonyl (C=O) groups is 1. The topological polar surface area (TPSA) is 53.4 Å². The third-order valence-electron chi connectivity index (χ3n) is 15.0. The Hall–Kier alpha value is -1.36. The van der Waals surface area contributed by atoms with Gasteiger partial charge in [0.05, 0.1) is 11.1 Å². The molecule has 3 saturated carbocycles. The molecule has 5 aliphatic carbocycles. The molecule has 0 aromatic carbocycles. The number of rotatable bonds is 2. The van der Waals surface area contributed by atoms with Crippen LogP contribution in [0, 0.1) is 51.2 Å². The molecular formula is C36H54N2O2S. The van der Waals surface area contributed by atoms with Gasteiger partial charge < -0.3 is 10.0 Å². The Kier molecular flexibility index (Phi) is 6.29. The zero-order valence-corrected chi connectivity index (χ0v) is 27.6. The Morgan fingerprint density at radius 3 is 2.41 bits per heavy atom. The molecule has 226 valence electrons. The van der Waals surface area contributed by atoms with E-state index in [1.165, 1.54) is 42.9 Å². The number of allylic oxidation sites excluding steroid dienone is 2. The molecular weight excluding hydrogens is 524 g/mol. The third kappa shape index (κ3) is 3.56. The number of aromatic nitrogens is 1. The fraction of sp³-hybridized carbons (Fsp3) is 0.833. The van der Waals surface area contributed by atoms with E-state index >= 15 is 0 Å². The number of hydrogen-bond donors (Lipinski definition) is 1. The Labute approximate surface area is 252 Å². The van der Waals surface area contributed by atoms with E-state index in [1.54, 1.807) is 10.5 Å². The number of aliphatic carboxylic acids is 1. The summed E-state index contributed by atoms with van der Waals surface area (Å²) in [5, 5.41) is 12.0. The molecule has 0 amide bonds. The highest BCUT2D eigenvalue weighted by Gasteiger charge is 2.69. The molecule has 1 saturated heterocycles. The van der Waals surface area contributed by atoms with E-state index in [9.17, 15) is 9.90 Å². The molecule has 1 aliphatic heterocycles. The minimum absolute atomic E-state index is 0.0793.